The molecule has 0 bridgehead atoms. The average Bonchev–Trinajstić information content (AvgIpc) is 2.96. The largest absolute Gasteiger partial charge is 0.497 e. The number of hydrogen-bond donors (Lipinski definition) is 1. The number of hydrogen-bond acceptors (Lipinski definition) is 6. The zero-order valence-electron chi connectivity index (χ0n) is 17.1. The van der Waals surface area contributed by atoms with E-state index < -0.39 is 39.9 Å². The lowest BCUT2D eigenvalue weighted by molar-refractivity contribution is -0.137. The molecule has 0 heterocycles. The second-order valence-electron chi connectivity index (χ2n) is 7.57. The molecule has 0 aliphatic heterocycles. The van der Waals surface area contributed by atoms with E-state index in [2.05, 4.69) is 10.1 Å². The van der Waals surface area contributed by atoms with Gasteiger partial charge in [0.2, 0.25) is 5.41 Å². The van der Waals surface area contributed by atoms with Gasteiger partial charge in [0.1, 0.15) is 5.75 Å². The summed E-state index contributed by atoms with van der Waals surface area (Å²) in [5.74, 6) is -0.887. The fourth-order valence-corrected chi connectivity index (χ4v) is 3.24. The summed E-state index contributed by atoms with van der Waals surface area (Å²) in [7, 11) is 2.35. The number of nitrogens with zero attached hydrogens (tertiary/aromatic N) is 2. The highest BCUT2D eigenvalue weighted by Gasteiger charge is 2.58. The van der Waals surface area contributed by atoms with Crippen LogP contribution in [0, 0.1) is 28.1 Å². The maximum Gasteiger partial charge on any atom is 0.419 e. The van der Waals surface area contributed by atoms with Crippen LogP contribution in [-0.4, -0.2) is 31.9 Å². The number of rotatable bonds is 4. The molecule has 1 aromatic carbocycles. The van der Waals surface area contributed by atoms with Crippen LogP contribution in [0.4, 0.5) is 13.2 Å². The normalized spacial score (nSPS) is 16.1. The Hall–Kier alpha value is -3.46. The molecular weight excluding hydrogens is 399 g/mol. The van der Waals surface area contributed by atoms with Gasteiger partial charge in [-0.05, 0) is 38.5 Å². The van der Waals surface area contributed by atoms with Gasteiger partial charge in [-0.1, -0.05) is 12.1 Å². The zero-order valence-corrected chi connectivity index (χ0v) is 17.1. The highest BCUT2D eigenvalue weighted by Crippen LogP contribution is 2.55. The van der Waals surface area contributed by atoms with Gasteiger partial charge in [0.25, 0.3) is 0 Å². The van der Waals surface area contributed by atoms with E-state index in [-0.39, 0.29) is 11.1 Å². The van der Waals surface area contributed by atoms with Crippen molar-refractivity contribution in [1.82, 2.24) is 5.32 Å². The van der Waals surface area contributed by atoms with E-state index in [1.807, 2.05) is 0 Å². The molecule has 0 saturated heterocycles. The van der Waals surface area contributed by atoms with Crippen LogP contribution in [0.1, 0.15) is 26.3 Å². The van der Waals surface area contributed by atoms with Gasteiger partial charge in [-0.3, -0.25) is 0 Å². The third-order valence-electron chi connectivity index (χ3n) is 4.39. The lowest BCUT2D eigenvalue weighted by Crippen LogP contribution is -2.42. The lowest BCUT2D eigenvalue weighted by atomic mass is 9.78. The molecule has 0 unspecified atom stereocenters. The van der Waals surface area contributed by atoms with E-state index in [1.54, 1.807) is 32.9 Å². The minimum atomic E-state index is -5.04. The first-order valence-corrected chi connectivity index (χ1v) is 8.76. The lowest BCUT2D eigenvalue weighted by Gasteiger charge is -2.30. The standard InChI is InChI=1S/C21H20F3N3O3/c1-19(2,3)27-17-16(21(22,23)24)14(18(28)30-5)15(20(17,10-25)11-26)12-6-8-13(29-4)9-7-12/h6-9,27H,1-5H3. The highest BCUT2D eigenvalue weighted by molar-refractivity contribution is 6.08. The molecule has 0 aromatic heterocycles. The van der Waals surface area contributed by atoms with Gasteiger partial charge in [0.05, 0.1) is 43.2 Å². The van der Waals surface area contributed by atoms with Gasteiger partial charge < -0.3 is 14.8 Å². The van der Waals surface area contributed by atoms with Gasteiger partial charge in [-0.15, -0.1) is 0 Å². The van der Waals surface area contributed by atoms with Crippen molar-refractivity contribution in [2.75, 3.05) is 14.2 Å². The SMILES string of the molecule is COC(=O)C1=C(c2ccc(OC)cc2)C(C#N)(C#N)C(NC(C)(C)C)=C1C(F)(F)F. The van der Waals surface area contributed by atoms with Gasteiger partial charge >= 0.3 is 12.1 Å². The molecule has 1 aliphatic rings. The van der Waals surface area contributed by atoms with Crippen LogP contribution in [0.2, 0.25) is 0 Å². The fourth-order valence-electron chi connectivity index (χ4n) is 3.24. The van der Waals surface area contributed by atoms with Gasteiger partial charge in [-0.2, -0.15) is 23.7 Å². The molecule has 2 rings (SSSR count). The Bertz CT molecular complexity index is 988. The molecule has 158 valence electrons. The van der Waals surface area contributed by atoms with Crippen molar-refractivity contribution in [1.29, 1.82) is 10.5 Å². The summed E-state index contributed by atoms with van der Waals surface area (Å²) < 4.78 is 52.2. The first-order chi connectivity index (χ1) is 13.9. The molecule has 9 heteroatoms. The third-order valence-corrected chi connectivity index (χ3v) is 4.39. The van der Waals surface area contributed by atoms with Crippen LogP contribution >= 0.6 is 0 Å². The number of ether oxygens (including phenoxy) is 2. The number of nitrogens with one attached hydrogen (secondary N) is 1. The van der Waals surface area contributed by atoms with E-state index in [9.17, 15) is 28.5 Å². The summed E-state index contributed by atoms with van der Waals surface area (Å²) in [6.07, 6.45) is -5.04. The number of allylic oxidation sites excluding steroid dienone is 1. The zero-order chi connectivity index (χ0) is 22.9. The molecular formula is C21H20F3N3O3. The van der Waals surface area contributed by atoms with Crippen molar-refractivity contribution in [3.8, 4) is 17.9 Å². The topological polar surface area (TPSA) is 95.1 Å². The summed E-state index contributed by atoms with van der Waals surface area (Å²) in [6, 6.07) is 9.10. The Balaban J connectivity index is 3.02. The molecule has 0 amide bonds. The summed E-state index contributed by atoms with van der Waals surface area (Å²) in [5.41, 5.74) is -6.60. The molecule has 0 saturated carbocycles. The second kappa shape index (κ2) is 7.75. The molecule has 0 atom stereocenters. The predicted molar refractivity (Wildman–Crippen MR) is 102 cm³/mol. The number of esters is 1. The first-order valence-electron chi connectivity index (χ1n) is 8.76. The van der Waals surface area contributed by atoms with Crippen molar-refractivity contribution in [2.24, 2.45) is 5.41 Å². The monoisotopic (exact) mass is 419 g/mol. The third kappa shape index (κ3) is 3.84. The van der Waals surface area contributed by atoms with Gasteiger partial charge in [0, 0.05) is 11.1 Å². The summed E-state index contributed by atoms with van der Waals surface area (Å²) in [4.78, 5) is 12.5. The molecule has 1 N–H and O–H groups in total. The van der Waals surface area contributed by atoms with Crippen molar-refractivity contribution >= 4 is 11.5 Å². The number of methoxy groups -OCH3 is 2. The van der Waals surface area contributed by atoms with Crippen molar-refractivity contribution in [3.63, 3.8) is 0 Å². The Morgan fingerprint density at radius 2 is 1.60 bits per heavy atom. The Labute approximate surface area is 172 Å². The van der Waals surface area contributed by atoms with Crippen molar-refractivity contribution in [3.05, 3.63) is 46.7 Å². The number of carbonyl (C=O) groups is 1. The smallest absolute Gasteiger partial charge is 0.419 e. The summed E-state index contributed by atoms with van der Waals surface area (Å²) in [5, 5.41) is 22.5. The summed E-state index contributed by atoms with van der Waals surface area (Å²) >= 11 is 0. The van der Waals surface area contributed by atoms with E-state index >= 15 is 0 Å². The maximum absolute atomic E-state index is 14.2. The van der Waals surface area contributed by atoms with Crippen molar-refractivity contribution in [2.45, 2.75) is 32.5 Å². The van der Waals surface area contributed by atoms with Crippen LogP contribution in [0.3, 0.4) is 0 Å². The van der Waals surface area contributed by atoms with E-state index in [0.717, 1.165) is 7.11 Å². The number of carbonyl (C=O) groups excluding carboxylic acids is 1. The number of halogens is 3. The maximum atomic E-state index is 14.2. The Morgan fingerprint density at radius 1 is 1.07 bits per heavy atom. The molecule has 0 radical (unpaired) electrons. The fraction of sp³-hybridized carbons (Fsp3) is 0.381. The van der Waals surface area contributed by atoms with Crippen LogP contribution in [0.15, 0.2) is 41.1 Å². The Morgan fingerprint density at radius 3 is 1.97 bits per heavy atom. The number of alkyl halides is 3. The van der Waals surface area contributed by atoms with Crippen LogP contribution in [0.25, 0.3) is 5.57 Å². The van der Waals surface area contributed by atoms with Crippen molar-refractivity contribution < 1.29 is 27.4 Å². The van der Waals surface area contributed by atoms with E-state index in [1.165, 1.54) is 31.4 Å². The van der Waals surface area contributed by atoms with Gasteiger partial charge in [0.15, 0.2) is 0 Å². The predicted octanol–water partition coefficient (Wildman–Crippen LogP) is 3.87. The minimum absolute atomic E-state index is 0.0896. The molecule has 0 fully saturated rings. The molecule has 1 aromatic rings. The number of nitriles is 2. The first kappa shape index (κ1) is 22.8. The molecule has 1 aliphatic carbocycles. The highest BCUT2D eigenvalue weighted by atomic mass is 19.4. The minimum Gasteiger partial charge on any atom is -0.497 e. The molecule has 0 spiro atoms. The molecule has 30 heavy (non-hydrogen) atoms. The van der Waals surface area contributed by atoms with Crippen LogP contribution < -0.4 is 10.1 Å². The Kier molecular flexibility index (Phi) is 5.90. The van der Waals surface area contributed by atoms with Gasteiger partial charge in [-0.25, -0.2) is 4.79 Å². The summed E-state index contributed by atoms with van der Waals surface area (Å²) in [6.45, 7) is 4.74. The average molecular weight is 419 g/mol. The van der Waals surface area contributed by atoms with Crippen LogP contribution in [-0.2, 0) is 9.53 Å². The van der Waals surface area contributed by atoms with E-state index in [0.29, 0.717) is 5.75 Å². The second-order valence-corrected chi connectivity index (χ2v) is 7.57. The number of benzene rings is 1. The quantitative estimate of drug-likeness (QED) is 0.745. The van der Waals surface area contributed by atoms with E-state index in [4.69, 9.17) is 4.74 Å². The molecule has 6 nitrogen and oxygen atoms in total. The van der Waals surface area contributed by atoms with Crippen LogP contribution in [0.5, 0.6) is 5.75 Å².